The van der Waals surface area contributed by atoms with Crippen LogP contribution in [0.4, 0.5) is 24.5 Å². The number of carbonyl (C=O) groups is 1. The number of hydrogen-bond donors (Lipinski definition) is 1. The molecule has 0 saturated heterocycles. The minimum Gasteiger partial charge on any atom is -0.490 e. The smallest absolute Gasteiger partial charge is 0.418 e. The first-order valence-corrected chi connectivity index (χ1v) is 9.26. The molecule has 2 aromatic carbocycles. The SMILES string of the molecule is CCCOc1ccc(C(=O)Nc2ccc(N(C)C)cc2C(F)(F)F)cc1OCC. The Bertz CT molecular complexity index is 852. The molecule has 0 aliphatic heterocycles. The Kier molecular flexibility index (Phi) is 7.36. The number of carbonyl (C=O) groups excluding carboxylic acids is 1. The molecule has 0 aliphatic rings. The number of nitrogens with zero attached hydrogens (tertiary/aromatic N) is 1. The topological polar surface area (TPSA) is 50.8 Å². The number of amides is 1. The third kappa shape index (κ3) is 5.79. The summed E-state index contributed by atoms with van der Waals surface area (Å²) in [6.45, 7) is 4.59. The van der Waals surface area contributed by atoms with Crippen LogP contribution in [0.15, 0.2) is 36.4 Å². The van der Waals surface area contributed by atoms with Crippen molar-refractivity contribution in [2.75, 3.05) is 37.5 Å². The van der Waals surface area contributed by atoms with Crippen molar-refractivity contribution in [3.8, 4) is 11.5 Å². The van der Waals surface area contributed by atoms with Gasteiger partial charge in [0.2, 0.25) is 0 Å². The highest BCUT2D eigenvalue weighted by Crippen LogP contribution is 2.37. The highest BCUT2D eigenvalue weighted by atomic mass is 19.4. The average molecular weight is 410 g/mol. The van der Waals surface area contributed by atoms with Gasteiger partial charge in [0, 0.05) is 25.3 Å². The monoisotopic (exact) mass is 410 g/mol. The van der Waals surface area contributed by atoms with E-state index in [-0.39, 0.29) is 11.3 Å². The molecule has 0 aliphatic carbocycles. The minimum atomic E-state index is -4.61. The van der Waals surface area contributed by atoms with E-state index < -0.39 is 17.6 Å². The quantitative estimate of drug-likeness (QED) is 0.649. The molecule has 29 heavy (non-hydrogen) atoms. The van der Waals surface area contributed by atoms with Crippen molar-refractivity contribution in [3.05, 3.63) is 47.5 Å². The standard InChI is InChI=1S/C21H25F3N2O3/c1-5-11-29-18-10-7-14(12-19(18)28-6-2)20(27)25-17-9-8-15(26(3)4)13-16(17)21(22,23)24/h7-10,12-13H,5-6,11H2,1-4H3,(H,25,27). The summed E-state index contributed by atoms with van der Waals surface area (Å²) in [5.41, 5.74) is -0.671. The molecule has 2 aromatic rings. The second-order valence-electron chi connectivity index (χ2n) is 6.52. The van der Waals surface area contributed by atoms with Gasteiger partial charge in [-0.25, -0.2) is 0 Å². The summed E-state index contributed by atoms with van der Waals surface area (Å²) in [6, 6.07) is 8.30. The van der Waals surface area contributed by atoms with E-state index in [1.54, 1.807) is 32.0 Å². The maximum Gasteiger partial charge on any atom is 0.418 e. The van der Waals surface area contributed by atoms with E-state index >= 15 is 0 Å². The maximum atomic E-state index is 13.5. The van der Waals surface area contributed by atoms with E-state index in [1.807, 2.05) is 6.92 Å². The summed E-state index contributed by atoms with van der Waals surface area (Å²) in [7, 11) is 3.29. The van der Waals surface area contributed by atoms with Crippen LogP contribution in [-0.4, -0.2) is 33.2 Å². The molecule has 0 fully saturated rings. The fourth-order valence-electron chi connectivity index (χ4n) is 2.60. The molecule has 0 heterocycles. The van der Waals surface area contributed by atoms with Crippen molar-refractivity contribution in [3.63, 3.8) is 0 Å². The van der Waals surface area contributed by atoms with Gasteiger partial charge in [-0.15, -0.1) is 0 Å². The first kappa shape index (κ1) is 22.4. The fourth-order valence-corrected chi connectivity index (χ4v) is 2.60. The van der Waals surface area contributed by atoms with Gasteiger partial charge in [0.25, 0.3) is 5.91 Å². The number of ether oxygens (including phenoxy) is 2. The Hall–Kier alpha value is -2.90. The first-order valence-electron chi connectivity index (χ1n) is 9.26. The maximum absolute atomic E-state index is 13.5. The van der Waals surface area contributed by atoms with E-state index in [0.717, 1.165) is 12.5 Å². The van der Waals surface area contributed by atoms with Crippen LogP contribution in [0.5, 0.6) is 11.5 Å². The summed E-state index contributed by atoms with van der Waals surface area (Å²) in [5.74, 6) is 0.181. The molecule has 1 N–H and O–H groups in total. The van der Waals surface area contributed by atoms with Crippen LogP contribution < -0.4 is 19.7 Å². The number of rotatable bonds is 8. The predicted octanol–water partition coefficient (Wildman–Crippen LogP) is 5.21. The number of alkyl halides is 3. The van der Waals surface area contributed by atoms with E-state index in [4.69, 9.17) is 9.47 Å². The molecule has 0 radical (unpaired) electrons. The molecule has 0 saturated carbocycles. The second kappa shape index (κ2) is 9.54. The first-order chi connectivity index (χ1) is 13.7. The highest BCUT2D eigenvalue weighted by molar-refractivity contribution is 6.05. The Morgan fingerprint density at radius 1 is 1.03 bits per heavy atom. The van der Waals surface area contributed by atoms with E-state index in [1.165, 1.54) is 24.3 Å². The van der Waals surface area contributed by atoms with Gasteiger partial charge in [0.1, 0.15) is 0 Å². The summed E-state index contributed by atoms with van der Waals surface area (Å²) in [4.78, 5) is 14.2. The largest absolute Gasteiger partial charge is 0.490 e. The molecule has 0 spiro atoms. The Morgan fingerprint density at radius 3 is 2.34 bits per heavy atom. The van der Waals surface area contributed by atoms with Crippen molar-refractivity contribution in [1.82, 2.24) is 0 Å². The average Bonchev–Trinajstić information content (AvgIpc) is 2.66. The van der Waals surface area contributed by atoms with Crippen molar-refractivity contribution < 1.29 is 27.4 Å². The molecule has 0 aromatic heterocycles. The third-order valence-electron chi connectivity index (χ3n) is 4.04. The lowest BCUT2D eigenvalue weighted by atomic mass is 10.1. The number of nitrogens with one attached hydrogen (secondary N) is 1. The lowest BCUT2D eigenvalue weighted by molar-refractivity contribution is -0.136. The van der Waals surface area contributed by atoms with Gasteiger partial charge < -0.3 is 19.7 Å². The molecule has 5 nitrogen and oxygen atoms in total. The molecule has 0 atom stereocenters. The third-order valence-corrected chi connectivity index (χ3v) is 4.04. The van der Waals surface area contributed by atoms with Gasteiger partial charge in [-0.3, -0.25) is 4.79 Å². The lowest BCUT2D eigenvalue weighted by Crippen LogP contribution is -2.18. The van der Waals surface area contributed by atoms with Crippen LogP contribution in [0.25, 0.3) is 0 Å². The number of anilines is 2. The Morgan fingerprint density at radius 2 is 1.76 bits per heavy atom. The molecule has 158 valence electrons. The van der Waals surface area contributed by atoms with Crippen molar-refractivity contribution in [1.29, 1.82) is 0 Å². The number of benzene rings is 2. The molecular formula is C21H25F3N2O3. The lowest BCUT2D eigenvalue weighted by Gasteiger charge is -2.19. The summed E-state index contributed by atoms with van der Waals surface area (Å²) in [5, 5.41) is 2.36. The van der Waals surface area contributed by atoms with Crippen LogP contribution in [-0.2, 0) is 6.18 Å². The normalized spacial score (nSPS) is 11.1. The Labute approximate surface area is 168 Å². The molecule has 0 unspecified atom stereocenters. The Balaban J connectivity index is 2.33. The fraction of sp³-hybridized carbons (Fsp3) is 0.381. The predicted molar refractivity (Wildman–Crippen MR) is 107 cm³/mol. The number of hydrogen-bond acceptors (Lipinski definition) is 4. The van der Waals surface area contributed by atoms with Gasteiger partial charge in [0.05, 0.1) is 24.5 Å². The summed E-state index contributed by atoms with van der Waals surface area (Å²) in [6.07, 6.45) is -3.81. The zero-order valence-electron chi connectivity index (χ0n) is 16.9. The van der Waals surface area contributed by atoms with Gasteiger partial charge in [-0.2, -0.15) is 13.2 Å². The summed E-state index contributed by atoms with van der Waals surface area (Å²) < 4.78 is 51.5. The van der Waals surface area contributed by atoms with Gasteiger partial charge in [-0.05, 0) is 49.7 Å². The van der Waals surface area contributed by atoms with Crippen LogP contribution in [0, 0.1) is 0 Å². The van der Waals surface area contributed by atoms with Gasteiger partial charge >= 0.3 is 6.18 Å². The van der Waals surface area contributed by atoms with Crippen molar-refractivity contribution >= 4 is 17.3 Å². The molecule has 0 bridgehead atoms. The van der Waals surface area contributed by atoms with Gasteiger partial charge in [0.15, 0.2) is 11.5 Å². The van der Waals surface area contributed by atoms with E-state index in [9.17, 15) is 18.0 Å². The summed E-state index contributed by atoms with van der Waals surface area (Å²) >= 11 is 0. The molecular weight excluding hydrogens is 385 g/mol. The molecule has 1 amide bonds. The van der Waals surface area contributed by atoms with Crippen LogP contribution in [0.2, 0.25) is 0 Å². The second-order valence-corrected chi connectivity index (χ2v) is 6.52. The minimum absolute atomic E-state index is 0.169. The van der Waals surface area contributed by atoms with Crippen LogP contribution in [0.1, 0.15) is 36.2 Å². The highest BCUT2D eigenvalue weighted by Gasteiger charge is 2.34. The molecule has 8 heteroatoms. The van der Waals surface area contributed by atoms with Crippen LogP contribution in [0.3, 0.4) is 0 Å². The van der Waals surface area contributed by atoms with Gasteiger partial charge in [-0.1, -0.05) is 6.92 Å². The van der Waals surface area contributed by atoms with Crippen LogP contribution >= 0.6 is 0 Å². The van der Waals surface area contributed by atoms with Crippen molar-refractivity contribution in [2.45, 2.75) is 26.4 Å². The zero-order valence-corrected chi connectivity index (χ0v) is 16.9. The van der Waals surface area contributed by atoms with E-state index in [0.29, 0.717) is 30.4 Å². The zero-order chi connectivity index (χ0) is 21.6. The van der Waals surface area contributed by atoms with E-state index in [2.05, 4.69) is 5.32 Å². The molecule has 2 rings (SSSR count). The number of halogens is 3. The van der Waals surface area contributed by atoms with Crippen molar-refractivity contribution in [2.24, 2.45) is 0 Å².